The Kier molecular flexibility index (Phi) is 4.53. The monoisotopic (exact) mass is 450 g/mol. The highest BCUT2D eigenvalue weighted by molar-refractivity contribution is 5.98. The maximum atomic E-state index is 13.1. The Balaban J connectivity index is 1.30. The lowest BCUT2D eigenvalue weighted by atomic mass is 9.49. The molecule has 1 spiro atoms. The number of aliphatic hydroxyl groups is 2. The zero-order valence-corrected chi connectivity index (χ0v) is 19.9. The van der Waals surface area contributed by atoms with Gasteiger partial charge in [-0.05, 0) is 86.6 Å². The van der Waals surface area contributed by atoms with E-state index >= 15 is 0 Å². The van der Waals surface area contributed by atoms with E-state index in [0.717, 1.165) is 31.3 Å². The summed E-state index contributed by atoms with van der Waals surface area (Å²) in [7, 11) is 0. The van der Waals surface area contributed by atoms with Gasteiger partial charge in [-0.1, -0.05) is 37.3 Å². The van der Waals surface area contributed by atoms with Crippen LogP contribution in [-0.4, -0.2) is 45.7 Å². The molecule has 1 saturated heterocycles. The van der Waals surface area contributed by atoms with Crippen molar-refractivity contribution >= 4 is 5.78 Å². The normalized spacial score (nSPS) is 46.4. The highest BCUT2D eigenvalue weighted by atomic mass is 16.6. The zero-order chi connectivity index (χ0) is 23.3. The summed E-state index contributed by atoms with van der Waals surface area (Å²) in [6.45, 7) is 7.68. The number of ether oxygens (including phenoxy) is 2. The van der Waals surface area contributed by atoms with Gasteiger partial charge in [0.05, 0.1) is 17.6 Å². The standard InChI is InChI=1S/C28H34O5/c1-15-12-22(32-25(30)27(15,4)31)16(2)17-7-9-19-18(13-17)8-10-21-20(19)14-24-28(33-24)11-5-6-23(29)26(21,28)3/h5-7,9,12-13,16,20-22,24-25,30-31H,8,10-11,14H2,1-4H3/t16-,20-,21-,22+,24-,25+,26-,27+,28-/m0/s1. The maximum absolute atomic E-state index is 13.1. The van der Waals surface area contributed by atoms with Crippen LogP contribution in [0.25, 0.3) is 0 Å². The van der Waals surface area contributed by atoms with E-state index in [0.29, 0.717) is 11.8 Å². The molecule has 0 aromatic heterocycles. The SMILES string of the molecule is CC1=C[C@H]([C@@H](C)c2ccc3c(c2)CC[C@H]2[C@H]3C[C@@H]3O[C@@]34CC=CC(=O)[C@]24C)O[C@@H](O)[C@]1(C)O. The summed E-state index contributed by atoms with van der Waals surface area (Å²) in [5, 5.41) is 20.7. The third kappa shape index (κ3) is 2.77. The molecule has 0 unspecified atom stereocenters. The molecule has 1 aromatic carbocycles. The Morgan fingerprint density at radius 2 is 2.03 bits per heavy atom. The Labute approximate surface area is 195 Å². The molecule has 176 valence electrons. The van der Waals surface area contributed by atoms with E-state index in [-0.39, 0.29) is 29.5 Å². The second-order valence-corrected chi connectivity index (χ2v) is 11.4. The van der Waals surface area contributed by atoms with Crippen LogP contribution in [0.15, 0.2) is 42.0 Å². The predicted octanol–water partition coefficient (Wildman–Crippen LogP) is 3.93. The van der Waals surface area contributed by atoms with E-state index in [1.807, 2.05) is 19.1 Å². The second kappa shape index (κ2) is 6.88. The number of epoxide rings is 1. The quantitative estimate of drug-likeness (QED) is 0.527. The van der Waals surface area contributed by atoms with Crippen molar-refractivity contribution in [3.63, 3.8) is 0 Å². The van der Waals surface area contributed by atoms with Gasteiger partial charge in [0.1, 0.15) is 11.2 Å². The van der Waals surface area contributed by atoms with Gasteiger partial charge in [0, 0.05) is 5.92 Å². The molecule has 1 saturated carbocycles. The van der Waals surface area contributed by atoms with Crippen molar-refractivity contribution in [3.05, 3.63) is 58.7 Å². The average molecular weight is 451 g/mol. The van der Waals surface area contributed by atoms with Crippen molar-refractivity contribution in [2.24, 2.45) is 11.3 Å². The summed E-state index contributed by atoms with van der Waals surface area (Å²) in [6, 6.07) is 6.73. The first-order valence-electron chi connectivity index (χ1n) is 12.4. The number of carbonyl (C=O) groups is 1. The van der Waals surface area contributed by atoms with Crippen molar-refractivity contribution in [3.8, 4) is 0 Å². The van der Waals surface area contributed by atoms with Gasteiger partial charge >= 0.3 is 0 Å². The van der Waals surface area contributed by atoms with E-state index in [1.165, 1.54) is 16.7 Å². The van der Waals surface area contributed by atoms with Gasteiger partial charge < -0.3 is 19.7 Å². The number of allylic oxidation sites excluding steroid dienone is 1. The number of aryl methyl sites for hydroxylation is 1. The van der Waals surface area contributed by atoms with Gasteiger partial charge in [-0.15, -0.1) is 0 Å². The first kappa shape index (κ1) is 21.7. The summed E-state index contributed by atoms with van der Waals surface area (Å²) >= 11 is 0. The predicted molar refractivity (Wildman–Crippen MR) is 124 cm³/mol. The number of benzene rings is 1. The number of aliphatic hydroxyl groups excluding tert-OH is 1. The van der Waals surface area contributed by atoms with Crippen LogP contribution in [0.4, 0.5) is 0 Å². The molecular weight excluding hydrogens is 416 g/mol. The molecule has 33 heavy (non-hydrogen) atoms. The van der Waals surface area contributed by atoms with Crippen LogP contribution in [0.5, 0.6) is 0 Å². The molecule has 2 aliphatic heterocycles. The Hall–Kier alpha value is -1.79. The molecule has 5 nitrogen and oxygen atoms in total. The summed E-state index contributed by atoms with van der Waals surface area (Å²) < 4.78 is 12.1. The molecule has 3 aliphatic carbocycles. The molecule has 6 rings (SSSR count). The fraction of sp³-hybridized carbons (Fsp3) is 0.607. The van der Waals surface area contributed by atoms with Gasteiger partial charge in [-0.3, -0.25) is 4.79 Å². The minimum Gasteiger partial charge on any atom is -0.380 e. The van der Waals surface area contributed by atoms with Crippen molar-refractivity contribution in [2.45, 2.75) is 94.9 Å². The largest absolute Gasteiger partial charge is 0.380 e. The van der Waals surface area contributed by atoms with Gasteiger partial charge in [0.2, 0.25) is 0 Å². The molecule has 2 fully saturated rings. The Bertz CT molecular complexity index is 1090. The first-order valence-corrected chi connectivity index (χ1v) is 12.4. The highest BCUT2D eigenvalue weighted by Gasteiger charge is 2.75. The smallest absolute Gasteiger partial charge is 0.188 e. The lowest BCUT2D eigenvalue weighted by molar-refractivity contribution is -0.217. The van der Waals surface area contributed by atoms with Gasteiger partial charge in [-0.2, -0.15) is 0 Å². The summed E-state index contributed by atoms with van der Waals surface area (Å²) in [6.07, 6.45) is 8.20. The Morgan fingerprint density at radius 3 is 2.79 bits per heavy atom. The van der Waals surface area contributed by atoms with Crippen LogP contribution in [0.3, 0.4) is 0 Å². The molecule has 2 N–H and O–H groups in total. The van der Waals surface area contributed by atoms with Crippen LogP contribution in [0.2, 0.25) is 0 Å². The molecule has 1 aromatic rings. The molecule has 0 radical (unpaired) electrons. The average Bonchev–Trinajstić information content (AvgIpc) is 3.50. The van der Waals surface area contributed by atoms with E-state index in [9.17, 15) is 15.0 Å². The molecular formula is C28H34O5. The van der Waals surface area contributed by atoms with Gasteiger partial charge in [0.25, 0.3) is 0 Å². The summed E-state index contributed by atoms with van der Waals surface area (Å²) in [5.41, 5.74) is 2.58. The van der Waals surface area contributed by atoms with E-state index in [2.05, 4.69) is 32.0 Å². The number of fused-ring (bicyclic) bond motifs is 4. The Morgan fingerprint density at radius 1 is 1.24 bits per heavy atom. The lowest BCUT2D eigenvalue weighted by Crippen LogP contribution is -2.56. The molecule has 2 heterocycles. The van der Waals surface area contributed by atoms with Crippen LogP contribution in [-0.2, 0) is 20.7 Å². The minimum absolute atomic E-state index is 0.0436. The fourth-order valence-electron chi connectivity index (χ4n) is 7.34. The third-order valence-electron chi connectivity index (χ3n) is 9.88. The van der Waals surface area contributed by atoms with Crippen molar-refractivity contribution in [1.29, 1.82) is 0 Å². The van der Waals surface area contributed by atoms with Crippen LogP contribution in [0.1, 0.15) is 75.5 Å². The molecule has 0 amide bonds. The number of rotatable bonds is 2. The lowest BCUT2D eigenvalue weighted by Gasteiger charge is -2.51. The molecule has 5 aliphatic rings. The first-order chi connectivity index (χ1) is 15.6. The third-order valence-corrected chi connectivity index (χ3v) is 9.88. The van der Waals surface area contributed by atoms with Crippen molar-refractivity contribution in [2.75, 3.05) is 0 Å². The van der Waals surface area contributed by atoms with Crippen molar-refractivity contribution < 1.29 is 24.5 Å². The zero-order valence-electron chi connectivity index (χ0n) is 19.9. The second-order valence-electron chi connectivity index (χ2n) is 11.4. The van der Waals surface area contributed by atoms with Gasteiger partial charge in [-0.25, -0.2) is 0 Å². The van der Waals surface area contributed by atoms with Crippen LogP contribution in [0, 0.1) is 11.3 Å². The molecule has 0 bridgehead atoms. The van der Waals surface area contributed by atoms with E-state index in [4.69, 9.17) is 9.47 Å². The minimum atomic E-state index is -1.36. The summed E-state index contributed by atoms with van der Waals surface area (Å²) in [4.78, 5) is 13.1. The van der Waals surface area contributed by atoms with Gasteiger partial charge in [0.15, 0.2) is 12.1 Å². The molecule has 5 heteroatoms. The van der Waals surface area contributed by atoms with Crippen molar-refractivity contribution in [1.82, 2.24) is 0 Å². The number of hydrogen-bond acceptors (Lipinski definition) is 5. The van der Waals surface area contributed by atoms with Crippen LogP contribution >= 0.6 is 0 Å². The summed E-state index contributed by atoms with van der Waals surface area (Å²) in [5.74, 6) is 0.950. The highest BCUT2D eigenvalue weighted by Crippen LogP contribution is 2.69. The molecule has 9 atom stereocenters. The van der Waals surface area contributed by atoms with Crippen LogP contribution < -0.4 is 0 Å². The number of hydrogen-bond donors (Lipinski definition) is 2. The van der Waals surface area contributed by atoms with E-state index in [1.54, 1.807) is 13.0 Å². The number of carbonyl (C=O) groups excluding carboxylic acids is 1. The maximum Gasteiger partial charge on any atom is 0.188 e. The topological polar surface area (TPSA) is 79.3 Å². The fourth-order valence-corrected chi connectivity index (χ4v) is 7.34. The number of ketones is 1. The van der Waals surface area contributed by atoms with E-state index < -0.39 is 17.3 Å².